The summed E-state index contributed by atoms with van der Waals surface area (Å²) in [5.41, 5.74) is 8.11. The molecule has 1 saturated heterocycles. The van der Waals surface area contributed by atoms with Crippen LogP contribution in [0, 0.1) is 0 Å². The first-order valence-corrected chi connectivity index (χ1v) is 6.23. The van der Waals surface area contributed by atoms with Gasteiger partial charge in [-0.05, 0) is 25.0 Å². The molecule has 0 aliphatic carbocycles. The predicted molar refractivity (Wildman–Crippen MR) is 69.6 cm³/mol. The minimum absolute atomic E-state index is 0.0184. The first kappa shape index (κ1) is 12.6. The molecule has 17 heavy (non-hydrogen) atoms. The molecule has 3 heteroatoms. The fraction of sp³-hybridized carbons (Fsp3) is 0.571. The molecule has 0 amide bonds. The van der Waals surface area contributed by atoms with E-state index in [1.54, 1.807) is 0 Å². The van der Waals surface area contributed by atoms with E-state index < -0.39 is 0 Å². The van der Waals surface area contributed by atoms with Crippen LogP contribution in [-0.4, -0.2) is 30.2 Å². The third kappa shape index (κ3) is 3.53. The summed E-state index contributed by atoms with van der Waals surface area (Å²) in [6.45, 7) is 8.75. The number of rotatable bonds is 3. The molecule has 0 bridgehead atoms. The summed E-state index contributed by atoms with van der Waals surface area (Å²) in [4.78, 5) is 2.45. The second-order valence-corrected chi connectivity index (χ2v) is 5.34. The van der Waals surface area contributed by atoms with E-state index in [2.05, 4.69) is 43.0 Å². The lowest BCUT2D eigenvalue weighted by Gasteiger charge is -2.38. The van der Waals surface area contributed by atoms with Gasteiger partial charge in [-0.25, -0.2) is 0 Å². The number of hydrogen-bond acceptors (Lipinski definition) is 3. The first-order valence-electron chi connectivity index (χ1n) is 6.23. The average Bonchev–Trinajstić information content (AvgIpc) is 2.29. The van der Waals surface area contributed by atoms with E-state index in [1.165, 1.54) is 11.1 Å². The highest BCUT2D eigenvalue weighted by Crippen LogP contribution is 2.18. The molecule has 2 rings (SSSR count). The van der Waals surface area contributed by atoms with Gasteiger partial charge in [0.1, 0.15) is 0 Å². The maximum Gasteiger partial charge on any atom is 0.0753 e. The van der Waals surface area contributed by atoms with Crippen LogP contribution in [0.2, 0.25) is 0 Å². The van der Waals surface area contributed by atoms with E-state index >= 15 is 0 Å². The average molecular weight is 234 g/mol. The zero-order valence-electron chi connectivity index (χ0n) is 10.8. The Morgan fingerprint density at radius 2 is 1.88 bits per heavy atom. The fourth-order valence-electron chi connectivity index (χ4n) is 2.29. The molecule has 2 N–H and O–H groups in total. The number of nitrogens with zero attached hydrogens (tertiary/aromatic N) is 1. The van der Waals surface area contributed by atoms with Crippen LogP contribution in [-0.2, 0) is 17.8 Å². The predicted octanol–water partition coefficient (Wildman–Crippen LogP) is 1.76. The summed E-state index contributed by atoms with van der Waals surface area (Å²) < 4.78 is 5.71. The van der Waals surface area contributed by atoms with E-state index in [0.717, 1.165) is 26.2 Å². The molecule has 0 saturated carbocycles. The van der Waals surface area contributed by atoms with Crippen LogP contribution >= 0.6 is 0 Å². The maximum atomic E-state index is 5.71. The van der Waals surface area contributed by atoms with E-state index in [9.17, 15) is 0 Å². The van der Waals surface area contributed by atoms with Crippen molar-refractivity contribution in [2.24, 2.45) is 5.73 Å². The minimum atomic E-state index is -0.0184. The van der Waals surface area contributed by atoms with E-state index in [0.29, 0.717) is 6.54 Å². The van der Waals surface area contributed by atoms with Gasteiger partial charge in [-0.15, -0.1) is 0 Å². The van der Waals surface area contributed by atoms with Crippen LogP contribution in [0.3, 0.4) is 0 Å². The fourth-order valence-corrected chi connectivity index (χ4v) is 2.29. The Bertz CT molecular complexity index is 359. The van der Waals surface area contributed by atoms with Gasteiger partial charge in [0.2, 0.25) is 0 Å². The first-order chi connectivity index (χ1) is 8.09. The van der Waals surface area contributed by atoms with Crippen LogP contribution in [0.4, 0.5) is 0 Å². The largest absolute Gasteiger partial charge is 0.373 e. The molecule has 3 nitrogen and oxygen atoms in total. The smallest absolute Gasteiger partial charge is 0.0753 e. The molecule has 1 aliphatic rings. The molecule has 0 unspecified atom stereocenters. The molecule has 1 aromatic rings. The third-order valence-electron chi connectivity index (χ3n) is 3.17. The van der Waals surface area contributed by atoms with Gasteiger partial charge in [0.05, 0.1) is 12.2 Å². The van der Waals surface area contributed by atoms with Crippen molar-refractivity contribution < 1.29 is 4.74 Å². The van der Waals surface area contributed by atoms with Crippen LogP contribution in [0.1, 0.15) is 25.0 Å². The lowest BCUT2D eigenvalue weighted by atomic mass is 10.1. The van der Waals surface area contributed by atoms with Crippen LogP contribution in [0.25, 0.3) is 0 Å². The van der Waals surface area contributed by atoms with E-state index in [-0.39, 0.29) is 5.60 Å². The number of nitrogens with two attached hydrogens (primary N) is 1. The highest BCUT2D eigenvalue weighted by Gasteiger charge is 2.26. The molecule has 1 aromatic carbocycles. The Balaban J connectivity index is 1.95. The SMILES string of the molecule is CC1(C)CN(Cc2ccc(CN)cc2)CCO1. The topological polar surface area (TPSA) is 38.5 Å². The standard InChI is InChI=1S/C14H22N2O/c1-14(2)11-16(7-8-17-14)10-13-5-3-12(9-15)4-6-13/h3-6H,7-11,15H2,1-2H3. The second-order valence-electron chi connectivity index (χ2n) is 5.34. The molecule has 1 heterocycles. The van der Waals surface area contributed by atoms with Gasteiger partial charge < -0.3 is 10.5 Å². The van der Waals surface area contributed by atoms with Crippen molar-refractivity contribution in [2.45, 2.75) is 32.5 Å². The van der Waals surface area contributed by atoms with Crippen LogP contribution in [0.15, 0.2) is 24.3 Å². The summed E-state index contributed by atoms with van der Waals surface area (Å²) >= 11 is 0. The van der Waals surface area contributed by atoms with Crippen molar-refractivity contribution in [1.29, 1.82) is 0 Å². The van der Waals surface area contributed by atoms with Crippen molar-refractivity contribution in [3.8, 4) is 0 Å². The number of morpholine rings is 1. The Kier molecular flexibility index (Phi) is 3.82. The minimum Gasteiger partial charge on any atom is -0.373 e. The van der Waals surface area contributed by atoms with E-state index in [1.807, 2.05) is 0 Å². The Labute approximate surface area is 104 Å². The Hall–Kier alpha value is -0.900. The van der Waals surface area contributed by atoms with Gasteiger partial charge in [-0.2, -0.15) is 0 Å². The molecular formula is C14H22N2O. The summed E-state index contributed by atoms with van der Waals surface area (Å²) in [6.07, 6.45) is 0. The third-order valence-corrected chi connectivity index (χ3v) is 3.17. The lowest BCUT2D eigenvalue weighted by Crippen LogP contribution is -2.47. The molecule has 94 valence electrons. The summed E-state index contributed by atoms with van der Waals surface area (Å²) in [5.74, 6) is 0. The van der Waals surface area contributed by atoms with Crippen molar-refractivity contribution >= 4 is 0 Å². The van der Waals surface area contributed by atoms with Gasteiger partial charge >= 0.3 is 0 Å². The second kappa shape index (κ2) is 5.17. The zero-order valence-corrected chi connectivity index (χ0v) is 10.8. The van der Waals surface area contributed by atoms with Crippen molar-refractivity contribution in [2.75, 3.05) is 19.7 Å². The quantitative estimate of drug-likeness (QED) is 0.866. The van der Waals surface area contributed by atoms with Gasteiger partial charge in [0, 0.05) is 26.2 Å². The van der Waals surface area contributed by atoms with Gasteiger partial charge in [0.25, 0.3) is 0 Å². The van der Waals surface area contributed by atoms with Crippen LogP contribution in [0.5, 0.6) is 0 Å². The zero-order chi connectivity index (χ0) is 12.3. The monoisotopic (exact) mass is 234 g/mol. The van der Waals surface area contributed by atoms with Gasteiger partial charge in [-0.1, -0.05) is 24.3 Å². The highest BCUT2D eigenvalue weighted by atomic mass is 16.5. The molecule has 0 aromatic heterocycles. The van der Waals surface area contributed by atoms with Gasteiger partial charge in [-0.3, -0.25) is 4.90 Å². The number of benzene rings is 1. The molecule has 1 aliphatic heterocycles. The summed E-state index contributed by atoms with van der Waals surface area (Å²) in [7, 11) is 0. The maximum absolute atomic E-state index is 5.71. The lowest BCUT2D eigenvalue weighted by molar-refractivity contribution is -0.0882. The Morgan fingerprint density at radius 3 is 2.47 bits per heavy atom. The molecule has 0 atom stereocenters. The van der Waals surface area contributed by atoms with Crippen molar-refractivity contribution in [3.63, 3.8) is 0 Å². The molecular weight excluding hydrogens is 212 g/mol. The number of ether oxygens (including phenoxy) is 1. The highest BCUT2D eigenvalue weighted by molar-refractivity contribution is 5.22. The Morgan fingerprint density at radius 1 is 1.24 bits per heavy atom. The van der Waals surface area contributed by atoms with Crippen molar-refractivity contribution in [3.05, 3.63) is 35.4 Å². The molecule has 0 radical (unpaired) electrons. The normalized spacial score (nSPS) is 20.4. The van der Waals surface area contributed by atoms with Crippen molar-refractivity contribution in [1.82, 2.24) is 4.90 Å². The number of hydrogen-bond donors (Lipinski definition) is 1. The summed E-state index contributed by atoms with van der Waals surface area (Å²) in [6, 6.07) is 8.57. The molecule has 1 fully saturated rings. The van der Waals surface area contributed by atoms with E-state index in [4.69, 9.17) is 10.5 Å². The van der Waals surface area contributed by atoms with Gasteiger partial charge in [0.15, 0.2) is 0 Å². The molecule has 0 spiro atoms. The van der Waals surface area contributed by atoms with Crippen LogP contribution < -0.4 is 5.73 Å². The summed E-state index contributed by atoms with van der Waals surface area (Å²) in [5, 5.41) is 0.